The summed E-state index contributed by atoms with van der Waals surface area (Å²) in [5, 5.41) is 11.3. The molecule has 0 radical (unpaired) electrons. The average Bonchev–Trinajstić information content (AvgIpc) is 3.10. The number of anilines is 1. The molecule has 0 aliphatic carbocycles. The van der Waals surface area contributed by atoms with Crippen molar-refractivity contribution in [3.63, 3.8) is 0 Å². The lowest BCUT2D eigenvalue weighted by molar-refractivity contribution is -0.113. The molecule has 0 spiro atoms. The Morgan fingerprint density at radius 3 is 2.37 bits per heavy atom. The van der Waals surface area contributed by atoms with Crippen molar-refractivity contribution in [3.8, 4) is 11.5 Å². The molecule has 140 valence electrons. The van der Waals surface area contributed by atoms with Gasteiger partial charge in [-0.3, -0.25) is 4.79 Å². The zero-order valence-corrected chi connectivity index (χ0v) is 17.7. The topological polar surface area (TPSA) is 68.0 Å². The van der Waals surface area contributed by atoms with E-state index in [-0.39, 0.29) is 17.1 Å². The van der Waals surface area contributed by atoms with Gasteiger partial charge in [0.2, 0.25) is 11.8 Å². The summed E-state index contributed by atoms with van der Waals surface area (Å²) in [4.78, 5) is 12.0. The molecule has 0 aliphatic rings. The van der Waals surface area contributed by atoms with Crippen molar-refractivity contribution in [2.45, 2.75) is 31.4 Å². The lowest BCUT2D eigenvalue weighted by Gasteiger charge is -2.18. The van der Waals surface area contributed by atoms with Gasteiger partial charge in [0.1, 0.15) is 0 Å². The molecule has 27 heavy (non-hydrogen) atoms. The Bertz CT molecular complexity index is 916. The fourth-order valence-corrected chi connectivity index (χ4v) is 3.18. The van der Waals surface area contributed by atoms with E-state index in [4.69, 9.17) is 4.42 Å². The number of halogens is 1. The van der Waals surface area contributed by atoms with Crippen LogP contribution in [0.1, 0.15) is 26.3 Å². The van der Waals surface area contributed by atoms with E-state index in [0.29, 0.717) is 11.1 Å². The maximum absolute atomic E-state index is 12.0. The monoisotopic (exact) mass is 445 g/mol. The Kier molecular flexibility index (Phi) is 6.01. The van der Waals surface area contributed by atoms with Crippen LogP contribution in [-0.2, 0) is 10.2 Å². The highest BCUT2D eigenvalue weighted by Crippen LogP contribution is 2.27. The fraction of sp³-hybridized carbons (Fsp3) is 0.250. The first kappa shape index (κ1) is 19.6. The number of carbonyl (C=O) groups is 1. The molecule has 1 heterocycles. The largest absolute Gasteiger partial charge is 0.411 e. The second kappa shape index (κ2) is 8.27. The van der Waals surface area contributed by atoms with Gasteiger partial charge in [-0.2, -0.15) is 0 Å². The molecule has 1 aromatic heterocycles. The van der Waals surface area contributed by atoms with Crippen molar-refractivity contribution in [2.24, 2.45) is 0 Å². The molecule has 3 aromatic rings. The molecule has 0 saturated carbocycles. The van der Waals surface area contributed by atoms with Crippen LogP contribution in [0.15, 0.2) is 62.6 Å². The van der Waals surface area contributed by atoms with Gasteiger partial charge >= 0.3 is 0 Å². The number of benzene rings is 2. The molecule has 5 nitrogen and oxygen atoms in total. The van der Waals surface area contributed by atoms with E-state index < -0.39 is 0 Å². The Morgan fingerprint density at radius 1 is 1.07 bits per heavy atom. The van der Waals surface area contributed by atoms with Gasteiger partial charge in [0.15, 0.2) is 0 Å². The van der Waals surface area contributed by atoms with Gasteiger partial charge < -0.3 is 9.73 Å². The Balaban J connectivity index is 1.57. The van der Waals surface area contributed by atoms with E-state index >= 15 is 0 Å². The molecule has 7 heteroatoms. The third kappa shape index (κ3) is 5.43. The molecule has 3 rings (SSSR count). The summed E-state index contributed by atoms with van der Waals surface area (Å²) in [6, 6.07) is 15.5. The molecule has 0 atom stereocenters. The normalized spacial score (nSPS) is 11.4. The van der Waals surface area contributed by atoms with Gasteiger partial charge in [-0.25, -0.2) is 0 Å². The predicted octanol–water partition coefficient (Wildman–Crippen LogP) is 5.53. The molecular weight excluding hydrogens is 426 g/mol. The van der Waals surface area contributed by atoms with Gasteiger partial charge in [-0.05, 0) is 47.4 Å². The summed E-state index contributed by atoms with van der Waals surface area (Å²) in [5.74, 6) is 0.517. The van der Waals surface area contributed by atoms with Crippen LogP contribution in [0.2, 0.25) is 0 Å². The van der Waals surface area contributed by atoms with Crippen LogP contribution in [0.3, 0.4) is 0 Å². The Labute approximate surface area is 171 Å². The summed E-state index contributed by atoms with van der Waals surface area (Å²) in [6.45, 7) is 6.51. The zero-order valence-electron chi connectivity index (χ0n) is 15.3. The fourth-order valence-electron chi connectivity index (χ4n) is 2.36. The second-order valence-electron chi connectivity index (χ2n) is 7.04. The third-order valence-electron chi connectivity index (χ3n) is 3.86. The van der Waals surface area contributed by atoms with Gasteiger partial charge in [0, 0.05) is 15.7 Å². The number of amides is 1. The van der Waals surface area contributed by atoms with Crippen molar-refractivity contribution >= 4 is 39.3 Å². The minimum atomic E-state index is -0.128. The van der Waals surface area contributed by atoms with Crippen molar-refractivity contribution in [1.82, 2.24) is 10.2 Å². The highest BCUT2D eigenvalue weighted by atomic mass is 79.9. The van der Waals surface area contributed by atoms with E-state index in [1.54, 1.807) is 0 Å². The van der Waals surface area contributed by atoms with Gasteiger partial charge in [0.25, 0.3) is 5.22 Å². The van der Waals surface area contributed by atoms with Crippen LogP contribution in [0.5, 0.6) is 0 Å². The minimum absolute atomic E-state index is 0.0938. The van der Waals surface area contributed by atoms with E-state index in [9.17, 15) is 4.79 Å². The van der Waals surface area contributed by atoms with E-state index in [1.165, 1.54) is 17.3 Å². The number of rotatable bonds is 5. The lowest BCUT2D eigenvalue weighted by atomic mass is 9.87. The van der Waals surface area contributed by atoms with E-state index in [0.717, 1.165) is 15.7 Å². The van der Waals surface area contributed by atoms with Crippen molar-refractivity contribution in [3.05, 3.63) is 58.6 Å². The maximum atomic E-state index is 12.0. The minimum Gasteiger partial charge on any atom is -0.411 e. The Morgan fingerprint density at radius 2 is 1.74 bits per heavy atom. The molecule has 0 saturated heterocycles. The zero-order chi connectivity index (χ0) is 19.4. The summed E-state index contributed by atoms with van der Waals surface area (Å²) in [6.07, 6.45) is 0. The maximum Gasteiger partial charge on any atom is 0.277 e. The molecule has 0 bridgehead atoms. The summed E-state index contributed by atoms with van der Waals surface area (Å²) in [7, 11) is 0. The Hall–Kier alpha value is -2.12. The number of nitrogens with zero attached hydrogens (tertiary/aromatic N) is 2. The summed E-state index contributed by atoms with van der Waals surface area (Å²) in [5.41, 5.74) is 2.94. The molecule has 0 unspecified atom stereocenters. The average molecular weight is 446 g/mol. The van der Waals surface area contributed by atoms with Gasteiger partial charge in [0.05, 0.1) is 5.75 Å². The van der Waals surface area contributed by atoms with Crippen LogP contribution in [-0.4, -0.2) is 21.9 Å². The molecule has 2 aromatic carbocycles. The number of hydrogen-bond acceptors (Lipinski definition) is 5. The number of aromatic nitrogens is 2. The molecule has 1 N–H and O–H groups in total. The number of carbonyl (C=O) groups excluding carboxylic acids is 1. The van der Waals surface area contributed by atoms with Crippen LogP contribution in [0.4, 0.5) is 5.69 Å². The quantitative estimate of drug-likeness (QED) is 0.522. The van der Waals surface area contributed by atoms with E-state index in [1.807, 2.05) is 36.4 Å². The molecular formula is C20H20BrN3O2S. The van der Waals surface area contributed by atoms with Crippen molar-refractivity contribution in [1.29, 1.82) is 0 Å². The van der Waals surface area contributed by atoms with Crippen LogP contribution in [0.25, 0.3) is 11.5 Å². The molecule has 0 fully saturated rings. The van der Waals surface area contributed by atoms with Crippen LogP contribution in [0, 0.1) is 0 Å². The standard InChI is InChI=1S/C20H20BrN3O2S/c1-20(2,3)14-6-4-13(5-7-14)18-23-24-19(26-18)27-12-17(25)22-16-10-8-15(21)9-11-16/h4-11H,12H2,1-3H3,(H,22,25). The lowest BCUT2D eigenvalue weighted by Crippen LogP contribution is -2.13. The van der Waals surface area contributed by atoms with Crippen LogP contribution >= 0.6 is 27.7 Å². The highest BCUT2D eigenvalue weighted by Gasteiger charge is 2.15. The van der Waals surface area contributed by atoms with Crippen molar-refractivity contribution in [2.75, 3.05) is 11.1 Å². The third-order valence-corrected chi connectivity index (χ3v) is 5.21. The summed E-state index contributed by atoms with van der Waals surface area (Å²) >= 11 is 4.58. The second-order valence-corrected chi connectivity index (χ2v) is 8.89. The molecule has 1 amide bonds. The number of thioether (sulfide) groups is 1. The first-order valence-electron chi connectivity index (χ1n) is 8.44. The smallest absolute Gasteiger partial charge is 0.277 e. The van der Waals surface area contributed by atoms with E-state index in [2.05, 4.69) is 64.3 Å². The highest BCUT2D eigenvalue weighted by molar-refractivity contribution is 9.10. The molecule has 0 aliphatic heterocycles. The SMILES string of the molecule is CC(C)(C)c1ccc(-c2nnc(SCC(=O)Nc3ccc(Br)cc3)o2)cc1. The number of nitrogens with one attached hydrogen (secondary N) is 1. The number of hydrogen-bond donors (Lipinski definition) is 1. The van der Waals surface area contributed by atoms with Crippen molar-refractivity contribution < 1.29 is 9.21 Å². The van der Waals surface area contributed by atoms with Crippen LogP contribution < -0.4 is 5.32 Å². The predicted molar refractivity (Wildman–Crippen MR) is 112 cm³/mol. The van der Waals surface area contributed by atoms with Gasteiger partial charge in [-0.15, -0.1) is 10.2 Å². The van der Waals surface area contributed by atoms with Gasteiger partial charge in [-0.1, -0.05) is 60.6 Å². The first-order valence-corrected chi connectivity index (χ1v) is 10.2. The first-order chi connectivity index (χ1) is 12.8. The summed E-state index contributed by atoms with van der Waals surface area (Å²) < 4.78 is 6.63.